The van der Waals surface area contributed by atoms with Crippen LogP contribution in [0, 0.1) is 17.1 Å². The normalized spacial score (nSPS) is 13.7. The minimum absolute atomic E-state index is 0.0223. The summed E-state index contributed by atoms with van der Waals surface area (Å²) in [6.45, 7) is 0.198. The standard InChI is InChI=1S/C20H20FN3O3S/c21-19-5-2-1-4-16(19)14-24(17-8-9-17)20(25)15-6-10-18(11-7-15)28(26,27)23-13-3-12-22/h1-2,4-7,10-11,17,23H,3,8-9,13-14H2. The van der Waals surface area contributed by atoms with Crippen LogP contribution in [-0.4, -0.2) is 31.8 Å². The van der Waals surface area contributed by atoms with E-state index in [4.69, 9.17) is 5.26 Å². The van der Waals surface area contributed by atoms with E-state index in [2.05, 4.69) is 4.72 Å². The van der Waals surface area contributed by atoms with Gasteiger partial charge in [0.25, 0.3) is 5.91 Å². The molecule has 1 amide bonds. The van der Waals surface area contributed by atoms with Gasteiger partial charge in [0.15, 0.2) is 0 Å². The molecule has 6 nitrogen and oxygen atoms in total. The molecule has 0 aliphatic heterocycles. The molecule has 0 bridgehead atoms. The first kappa shape index (κ1) is 20.0. The number of carbonyl (C=O) groups excluding carboxylic acids is 1. The molecule has 146 valence electrons. The molecule has 0 saturated heterocycles. The first-order chi connectivity index (χ1) is 13.4. The number of nitrogens with one attached hydrogen (secondary N) is 1. The minimum Gasteiger partial charge on any atom is -0.331 e. The zero-order chi connectivity index (χ0) is 20.1. The number of nitriles is 1. The molecule has 0 unspecified atom stereocenters. The number of sulfonamides is 1. The lowest BCUT2D eigenvalue weighted by molar-refractivity contribution is 0.0728. The monoisotopic (exact) mass is 401 g/mol. The molecule has 1 fully saturated rings. The van der Waals surface area contributed by atoms with Crippen molar-refractivity contribution in [3.8, 4) is 6.07 Å². The first-order valence-electron chi connectivity index (χ1n) is 8.93. The van der Waals surface area contributed by atoms with Crippen molar-refractivity contribution in [3.05, 3.63) is 65.5 Å². The highest BCUT2D eigenvalue weighted by Gasteiger charge is 2.33. The Hall–Kier alpha value is -2.76. The topological polar surface area (TPSA) is 90.3 Å². The van der Waals surface area contributed by atoms with Gasteiger partial charge in [-0.25, -0.2) is 17.5 Å². The molecule has 28 heavy (non-hydrogen) atoms. The molecule has 0 heterocycles. The minimum atomic E-state index is -3.73. The Morgan fingerprint density at radius 2 is 1.86 bits per heavy atom. The fourth-order valence-electron chi connectivity index (χ4n) is 2.83. The number of hydrogen-bond donors (Lipinski definition) is 1. The molecule has 0 spiro atoms. The Kier molecular flexibility index (Phi) is 6.07. The number of carbonyl (C=O) groups is 1. The Morgan fingerprint density at radius 1 is 1.18 bits per heavy atom. The van der Waals surface area contributed by atoms with Gasteiger partial charge in [0.1, 0.15) is 5.82 Å². The van der Waals surface area contributed by atoms with Crippen molar-refractivity contribution in [3.63, 3.8) is 0 Å². The summed E-state index contributed by atoms with van der Waals surface area (Å²) in [5.74, 6) is -0.613. The Morgan fingerprint density at radius 3 is 2.46 bits per heavy atom. The third-order valence-corrected chi connectivity index (χ3v) is 5.96. The number of amides is 1. The van der Waals surface area contributed by atoms with Crippen LogP contribution >= 0.6 is 0 Å². The molecular formula is C20H20FN3O3S. The van der Waals surface area contributed by atoms with Crippen molar-refractivity contribution in [1.29, 1.82) is 5.26 Å². The summed E-state index contributed by atoms with van der Waals surface area (Å²) in [4.78, 5) is 14.6. The van der Waals surface area contributed by atoms with Gasteiger partial charge in [0.2, 0.25) is 10.0 Å². The molecule has 0 atom stereocenters. The molecule has 2 aromatic carbocycles. The molecule has 1 N–H and O–H groups in total. The lowest BCUT2D eigenvalue weighted by atomic mass is 10.1. The van der Waals surface area contributed by atoms with Gasteiger partial charge in [0.05, 0.1) is 11.0 Å². The van der Waals surface area contributed by atoms with Crippen LogP contribution in [0.5, 0.6) is 0 Å². The third-order valence-electron chi connectivity index (χ3n) is 4.49. The van der Waals surface area contributed by atoms with Crippen molar-refractivity contribution in [2.45, 2.75) is 36.7 Å². The van der Waals surface area contributed by atoms with Gasteiger partial charge in [-0.05, 0) is 43.2 Å². The van der Waals surface area contributed by atoms with Crippen LogP contribution in [0.4, 0.5) is 4.39 Å². The summed E-state index contributed by atoms with van der Waals surface area (Å²) in [5, 5.41) is 8.51. The van der Waals surface area contributed by atoms with Crippen LogP contribution in [0.2, 0.25) is 0 Å². The fourth-order valence-corrected chi connectivity index (χ4v) is 3.86. The van der Waals surface area contributed by atoms with Crippen molar-refractivity contribution in [2.24, 2.45) is 0 Å². The smallest absolute Gasteiger partial charge is 0.254 e. The van der Waals surface area contributed by atoms with Crippen LogP contribution in [0.15, 0.2) is 53.4 Å². The summed E-state index contributed by atoms with van der Waals surface area (Å²) >= 11 is 0. The van der Waals surface area contributed by atoms with Crippen molar-refractivity contribution >= 4 is 15.9 Å². The predicted octanol–water partition coefficient (Wildman–Crippen LogP) is 2.82. The number of nitrogens with zero attached hydrogens (tertiary/aromatic N) is 2. The fraction of sp³-hybridized carbons (Fsp3) is 0.300. The number of benzene rings is 2. The van der Waals surface area contributed by atoms with E-state index in [1.807, 2.05) is 6.07 Å². The Labute approximate surface area is 163 Å². The maximum atomic E-state index is 14.0. The SMILES string of the molecule is N#CCCNS(=O)(=O)c1ccc(C(=O)N(Cc2ccccc2F)C2CC2)cc1. The zero-order valence-corrected chi connectivity index (χ0v) is 16.0. The third kappa shape index (κ3) is 4.74. The largest absolute Gasteiger partial charge is 0.331 e. The van der Waals surface area contributed by atoms with E-state index in [1.165, 1.54) is 30.3 Å². The predicted molar refractivity (Wildman–Crippen MR) is 101 cm³/mol. The van der Waals surface area contributed by atoms with E-state index in [9.17, 15) is 17.6 Å². The van der Waals surface area contributed by atoms with Crippen molar-refractivity contribution < 1.29 is 17.6 Å². The van der Waals surface area contributed by atoms with E-state index in [0.29, 0.717) is 11.1 Å². The van der Waals surface area contributed by atoms with E-state index in [0.717, 1.165) is 12.8 Å². The second-order valence-corrected chi connectivity index (χ2v) is 8.35. The average molecular weight is 401 g/mol. The molecule has 0 radical (unpaired) electrons. The zero-order valence-electron chi connectivity index (χ0n) is 15.1. The number of halogens is 1. The summed E-state index contributed by atoms with van der Waals surface area (Å²) in [5.41, 5.74) is 0.794. The highest BCUT2D eigenvalue weighted by molar-refractivity contribution is 7.89. The van der Waals surface area contributed by atoms with Gasteiger partial charge in [-0.2, -0.15) is 5.26 Å². The van der Waals surface area contributed by atoms with E-state index in [-0.39, 0.29) is 42.2 Å². The van der Waals surface area contributed by atoms with Gasteiger partial charge in [-0.1, -0.05) is 18.2 Å². The number of hydrogen-bond acceptors (Lipinski definition) is 4. The Balaban J connectivity index is 1.75. The van der Waals surface area contributed by atoms with Gasteiger partial charge in [-0.15, -0.1) is 0 Å². The van der Waals surface area contributed by atoms with Crippen LogP contribution in [0.25, 0.3) is 0 Å². The van der Waals surface area contributed by atoms with Crippen molar-refractivity contribution in [1.82, 2.24) is 9.62 Å². The van der Waals surface area contributed by atoms with Crippen LogP contribution in [0.3, 0.4) is 0 Å². The summed E-state index contributed by atoms with van der Waals surface area (Å²) in [7, 11) is -3.73. The molecule has 3 rings (SSSR count). The first-order valence-corrected chi connectivity index (χ1v) is 10.4. The van der Waals surface area contributed by atoms with E-state index < -0.39 is 10.0 Å². The second kappa shape index (κ2) is 8.50. The van der Waals surface area contributed by atoms with Crippen molar-refractivity contribution in [2.75, 3.05) is 6.54 Å². The molecule has 2 aromatic rings. The summed E-state index contributed by atoms with van der Waals surface area (Å²) in [6.07, 6.45) is 1.81. The van der Waals surface area contributed by atoms with Crippen LogP contribution in [-0.2, 0) is 16.6 Å². The van der Waals surface area contributed by atoms with Gasteiger partial charge in [0, 0.05) is 36.7 Å². The highest BCUT2D eigenvalue weighted by atomic mass is 32.2. The van der Waals surface area contributed by atoms with Gasteiger partial charge in [-0.3, -0.25) is 4.79 Å². The molecular weight excluding hydrogens is 381 g/mol. The maximum absolute atomic E-state index is 14.0. The van der Waals surface area contributed by atoms with Crippen LogP contribution < -0.4 is 4.72 Å². The number of rotatable bonds is 8. The molecule has 1 aliphatic carbocycles. The lowest BCUT2D eigenvalue weighted by Gasteiger charge is -2.23. The maximum Gasteiger partial charge on any atom is 0.254 e. The average Bonchev–Trinajstić information content (AvgIpc) is 3.52. The van der Waals surface area contributed by atoms with E-state index in [1.54, 1.807) is 23.1 Å². The Bertz CT molecular complexity index is 996. The van der Waals surface area contributed by atoms with Crippen LogP contribution in [0.1, 0.15) is 35.2 Å². The summed E-state index contributed by atoms with van der Waals surface area (Å²) in [6, 6.07) is 13.9. The molecule has 0 aromatic heterocycles. The highest BCUT2D eigenvalue weighted by Crippen LogP contribution is 2.30. The quantitative estimate of drug-likeness (QED) is 0.689. The second-order valence-electron chi connectivity index (χ2n) is 6.59. The van der Waals surface area contributed by atoms with E-state index >= 15 is 0 Å². The molecule has 1 saturated carbocycles. The molecule has 8 heteroatoms. The van der Waals surface area contributed by atoms with Gasteiger partial charge < -0.3 is 4.90 Å². The lowest BCUT2D eigenvalue weighted by Crippen LogP contribution is -2.33. The summed E-state index contributed by atoms with van der Waals surface area (Å²) < 4.78 is 40.6. The van der Waals surface area contributed by atoms with Gasteiger partial charge >= 0.3 is 0 Å². The molecule has 1 aliphatic rings.